The van der Waals surface area contributed by atoms with Crippen LogP contribution in [0.1, 0.15) is 55.1 Å². The van der Waals surface area contributed by atoms with E-state index in [2.05, 4.69) is 35.1 Å². The van der Waals surface area contributed by atoms with Gasteiger partial charge in [0.15, 0.2) is 0 Å². The Morgan fingerprint density at radius 1 is 1.14 bits per heavy atom. The SMILES string of the molecule is CC1CC2CCCCC2N1C(=O)c1ccc(SCc2cn3ccccc3n2)cc1. The van der Waals surface area contributed by atoms with Crippen molar-refractivity contribution >= 4 is 23.3 Å². The van der Waals surface area contributed by atoms with Gasteiger partial charge >= 0.3 is 0 Å². The molecule has 4 nitrogen and oxygen atoms in total. The Balaban J connectivity index is 1.25. The zero-order valence-electron chi connectivity index (χ0n) is 16.8. The molecule has 0 bridgehead atoms. The molecule has 1 saturated carbocycles. The summed E-state index contributed by atoms with van der Waals surface area (Å²) in [5, 5.41) is 0. The molecule has 0 spiro atoms. The number of hydrogen-bond donors (Lipinski definition) is 0. The summed E-state index contributed by atoms with van der Waals surface area (Å²) in [6, 6.07) is 15.0. The Morgan fingerprint density at radius 3 is 2.79 bits per heavy atom. The number of carbonyl (C=O) groups excluding carboxylic acids is 1. The predicted octanol–water partition coefficient (Wildman–Crippen LogP) is 5.42. The highest BCUT2D eigenvalue weighted by molar-refractivity contribution is 7.98. The van der Waals surface area contributed by atoms with E-state index >= 15 is 0 Å². The Hall–Kier alpha value is -2.27. The molecular weight excluding hydrogens is 378 g/mol. The third-order valence-electron chi connectivity index (χ3n) is 6.48. The molecule has 1 aliphatic carbocycles. The summed E-state index contributed by atoms with van der Waals surface area (Å²) in [7, 11) is 0. The molecule has 1 amide bonds. The second kappa shape index (κ2) is 7.86. The monoisotopic (exact) mass is 405 g/mol. The fourth-order valence-corrected chi connectivity index (χ4v) is 5.90. The Morgan fingerprint density at radius 2 is 1.97 bits per heavy atom. The Kier molecular flexibility index (Phi) is 5.08. The minimum atomic E-state index is 0.212. The van der Waals surface area contributed by atoms with Crippen LogP contribution in [0, 0.1) is 5.92 Å². The summed E-state index contributed by atoms with van der Waals surface area (Å²) in [6.07, 6.45) is 10.3. The van der Waals surface area contributed by atoms with Crippen LogP contribution >= 0.6 is 11.8 Å². The van der Waals surface area contributed by atoms with Crippen molar-refractivity contribution in [2.45, 2.75) is 61.8 Å². The lowest BCUT2D eigenvalue weighted by atomic mass is 9.85. The van der Waals surface area contributed by atoms with E-state index in [9.17, 15) is 4.79 Å². The molecule has 2 fully saturated rings. The van der Waals surface area contributed by atoms with Crippen LogP contribution in [0.4, 0.5) is 0 Å². The number of nitrogens with zero attached hydrogens (tertiary/aromatic N) is 3. The van der Waals surface area contributed by atoms with Gasteiger partial charge in [-0.3, -0.25) is 4.79 Å². The number of pyridine rings is 1. The van der Waals surface area contributed by atoms with Gasteiger partial charge in [-0.2, -0.15) is 0 Å². The summed E-state index contributed by atoms with van der Waals surface area (Å²) in [6.45, 7) is 2.22. The predicted molar refractivity (Wildman–Crippen MR) is 117 cm³/mol. The first-order valence-corrected chi connectivity index (χ1v) is 11.7. The molecule has 5 rings (SSSR count). The van der Waals surface area contributed by atoms with Crippen molar-refractivity contribution < 1.29 is 4.79 Å². The maximum Gasteiger partial charge on any atom is 0.254 e. The van der Waals surface area contributed by atoms with E-state index in [1.54, 1.807) is 11.8 Å². The van der Waals surface area contributed by atoms with Gasteiger partial charge in [-0.25, -0.2) is 4.98 Å². The molecule has 1 aromatic carbocycles. The van der Waals surface area contributed by atoms with E-state index in [1.165, 1.54) is 37.0 Å². The van der Waals surface area contributed by atoms with E-state index < -0.39 is 0 Å². The summed E-state index contributed by atoms with van der Waals surface area (Å²) in [5.74, 6) is 1.74. The largest absolute Gasteiger partial charge is 0.333 e. The van der Waals surface area contributed by atoms with Gasteiger partial charge < -0.3 is 9.30 Å². The molecular formula is C24H27N3OS. The summed E-state index contributed by atoms with van der Waals surface area (Å²) in [4.78, 5) is 21.2. The topological polar surface area (TPSA) is 37.6 Å². The van der Waals surface area contributed by atoms with E-state index in [0.29, 0.717) is 18.0 Å². The number of hydrogen-bond acceptors (Lipinski definition) is 3. The van der Waals surface area contributed by atoms with Crippen molar-refractivity contribution in [3.8, 4) is 0 Å². The maximum absolute atomic E-state index is 13.2. The zero-order chi connectivity index (χ0) is 19.8. The highest BCUT2D eigenvalue weighted by atomic mass is 32.2. The number of imidazole rings is 1. The minimum Gasteiger partial charge on any atom is -0.333 e. The second-order valence-corrected chi connectivity index (χ2v) is 9.47. The zero-order valence-corrected chi connectivity index (χ0v) is 17.6. The average Bonchev–Trinajstić information content (AvgIpc) is 3.31. The summed E-state index contributed by atoms with van der Waals surface area (Å²) < 4.78 is 2.05. The quantitative estimate of drug-likeness (QED) is 0.544. The van der Waals surface area contributed by atoms with Crippen LogP contribution in [0.25, 0.3) is 5.65 Å². The summed E-state index contributed by atoms with van der Waals surface area (Å²) >= 11 is 1.76. The van der Waals surface area contributed by atoms with Crippen molar-refractivity contribution in [2.24, 2.45) is 5.92 Å². The highest BCUT2D eigenvalue weighted by Gasteiger charge is 2.42. The van der Waals surface area contributed by atoms with E-state index in [4.69, 9.17) is 0 Å². The van der Waals surface area contributed by atoms with Crippen LogP contribution in [0.15, 0.2) is 59.8 Å². The van der Waals surface area contributed by atoms with Gasteiger partial charge in [-0.15, -0.1) is 11.8 Å². The van der Waals surface area contributed by atoms with Crippen molar-refractivity contribution in [3.63, 3.8) is 0 Å². The molecule has 150 valence electrons. The number of benzene rings is 1. The molecule has 2 aliphatic rings. The second-order valence-electron chi connectivity index (χ2n) is 8.42. The van der Waals surface area contributed by atoms with E-state index in [-0.39, 0.29) is 5.91 Å². The van der Waals surface area contributed by atoms with Crippen molar-refractivity contribution in [1.29, 1.82) is 0 Å². The van der Waals surface area contributed by atoms with E-state index in [0.717, 1.165) is 22.7 Å². The van der Waals surface area contributed by atoms with Crippen molar-refractivity contribution in [2.75, 3.05) is 0 Å². The minimum absolute atomic E-state index is 0.212. The standard InChI is InChI=1S/C24H27N3OS/c1-17-14-19-6-2-3-7-22(19)27(17)24(28)18-9-11-21(12-10-18)29-16-20-15-26-13-5-4-8-23(26)25-20/h4-5,8-13,15,17,19,22H,2-3,6-7,14,16H2,1H3. The molecule has 3 heterocycles. The number of thioether (sulfide) groups is 1. The van der Waals surface area contributed by atoms with Crippen molar-refractivity contribution in [3.05, 3.63) is 66.1 Å². The first-order valence-electron chi connectivity index (χ1n) is 10.7. The number of fused-ring (bicyclic) bond motifs is 2. The third-order valence-corrected chi connectivity index (χ3v) is 7.53. The molecule has 3 unspecified atom stereocenters. The van der Waals surface area contributed by atoms with Gasteiger partial charge in [0.05, 0.1) is 5.69 Å². The van der Waals surface area contributed by atoms with Gasteiger partial charge in [0.1, 0.15) is 5.65 Å². The van der Waals surface area contributed by atoms with Crippen LogP contribution in [0.2, 0.25) is 0 Å². The lowest BCUT2D eigenvalue weighted by Gasteiger charge is -2.33. The van der Waals surface area contributed by atoms with Crippen LogP contribution in [0.5, 0.6) is 0 Å². The molecule has 3 aromatic rings. The first-order chi connectivity index (χ1) is 14.2. The fraction of sp³-hybridized carbons (Fsp3) is 0.417. The third kappa shape index (κ3) is 3.68. The van der Waals surface area contributed by atoms with Crippen LogP contribution in [0.3, 0.4) is 0 Å². The molecule has 1 saturated heterocycles. The number of carbonyl (C=O) groups is 1. The van der Waals surface area contributed by atoms with Gasteiger partial charge in [0.25, 0.3) is 5.91 Å². The molecule has 3 atom stereocenters. The lowest BCUT2D eigenvalue weighted by Crippen LogP contribution is -2.42. The van der Waals surface area contributed by atoms with Gasteiger partial charge in [-0.1, -0.05) is 18.9 Å². The number of rotatable bonds is 4. The van der Waals surface area contributed by atoms with Gasteiger partial charge in [0.2, 0.25) is 0 Å². The lowest BCUT2D eigenvalue weighted by molar-refractivity contribution is 0.0633. The number of amides is 1. The van der Waals surface area contributed by atoms with Gasteiger partial charge in [-0.05, 0) is 68.5 Å². The van der Waals surface area contributed by atoms with Crippen LogP contribution < -0.4 is 0 Å². The smallest absolute Gasteiger partial charge is 0.254 e. The van der Waals surface area contributed by atoms with Gasteiger partial charge in [0, 0.05) is 40.7 Å². The number of aromatic nitrogens is 2. The molecule has 2 aromatic heterocycles. The van der Waals surface area contributed by atoms with E-state index in [1.807, 2.05) is 40.9 Å². The fourth-order valence-electron chi connectivity index (χ4n) is 5.12. The Labute approximate surface area is 176 Å². The van der Waals surface area contributed by atoms with Crippen molar-refractivity contribution in [1.82, 2.24) is 14.3 Å². The molecule has 29 heavy (non-hydrogen) atoms. The Bertz CT molecular complexity index is 979. The van der Waals surface area contributed by atoms with Crippen LogP contribution in [-0.2, 0) is 5.75 Å². The summed E-state index contributed by atoms with van der Waals surface area (Å²) in [5.41, 5.74) is 2.86. The normalized spacial score (nSPS) is 24.0. The highest BCUT2D eigenvalue weighted by Crippen LogP contribution is 2.40. The van der Waals surface area contributed by atoms with Crippen LogP contribution in [-0.4, -0.2) is 32.3 Å². The average molecular weight is 406 g/mol. The molecule has 5 heteroatoms. The number of likely N-dealkylation sites (tertiary alicyclic amines) is 1. The molecule has 1 aliphatic heterocycles. The maximum atomic E-state index is 13.2. The molecule has 0 N–H and O–H groups in total. The molecule has 0 radical (unpaired) electrons. The first kappa shape index (κ1) is 18.7.